The second kappa shape index (κ2) is 16.4. The van der Waals surface area contributed by atoms with Gasteiger partial charge in [0, 0.05) is 32.6 Å². The summed E-state index contributed by atoms with van der Waals surface area (Å²) in [6.07, 6.45) is -9.48. The Hall–Kier alpha value is -4.64. The molecule has 1 amide bonds. The van der Waals surface area contributed by atoms with E-state index in [9.17, 15) is 52.7 Å². The average molecular weight is 791 g/mol. The molecule has 12 nitrogen and oxygen atoms in total. The zero-order chi connectivity index (χ0) is 38.4. The molecule has 2 aliphatic rings. The van der Waals surface area contributed by atoms with Crippen LogP contribution in [0.1, 0.15) is 24.2 Å². The molecule has 52 heavy (non-hydrogen) atoms. The molecule has 3 aromatic rings. The van der Waals surface area contributed by atoms with Crippen molar-refractivity contribution in [3.8, 4) is 11.6 Å². The van der Waals surface area contributed by atoms with Crippen molar-refractivity contribution >= 4 is 42.7 Å². The van der Waals surface area contributed by atoms with Gasteiger partial charge in [-0.3, -0.25) is 9.18 Å². The smallest absolute Gasteiger partial charge is 0.480 e. The molecule has 0 spiro atoms. The normalized spacial score (nSPS) is 17.2. The lowest BCUT2D eigenvalue weighted by Gasteiger charge is -2.39. The quantitative estimate of drug-likeness (QED) is 0.247. The van der Waals surface area contributed by atoms with E-state index in [1.165, 1.54) is 24.1 Å². The molecule has 5 rings (SSSR count). The van der Waals surface area contributed by atoms with Crippen LogP contribution in [0, 0.1) is 0 Å². The van der Waals surface area contributed by atoms with E-state index in [1.54, 1.807) is 0 Å². The van der Waals surface area contributed by atoms with Gasteiger partial charge in [0.15, 0.2) is 10.8 Å². The van der Waals surface area contributed by atoms with Crippen molar-refractivity contribution < 1.29 is 66.9 Å². The molecular weight excluding hydrogens is 763 g/mol. The fourth-order valence-corrected chi connectivity index (χ4v) is 7.54. The van der Waals surface area contributed by atoms with Crippen LogP contribution in [0.2, 0.25) is 0 Å². The van der Waals surface area contributed by atoms with E-state index in [4.69, 9.17) is 4.74 Å². The Kier molecular flexibility index (Phi) is 12.6. The van der Waals surface area contributed by atoms with Gasteiger partial charge >= 0.3 is 12.7 Å². The zero-order valence-electron chi connectivity index (χ0n) is 26.7. The highest BCUT2D eigenvalue weighted by atomic mass is 32.2. The summed E-state index contributed by atoms with van der Waals surface area (Å²) in [4.78, 5) is 26.6. The van der Waals surface area contributed by atoms with Crippen molar-refractivity contribution in [2.75, 3.05) is 38.8 Å². The number of carbonyl (C=O) groups excluding carboxylic acids is 1. The van der Waals surface area contributed by atoms with Gasteiger partial charge in [-0.25, -0.2) is 22.2 Å². The lowest BCUT2D eigenvalue weighted by atomic mass is 10.1. The maximum atomic E-state index is 13.9. The topological polar surface area (TPSA) is 136 Å². The number of sulfonamides is 1. The second-order valence-corrected chi connectivity index (χ2v) is 13.3. The van der Waals surface area contributed by atoms with Crippen LogP contribution in [0.4, 0.5) is 44.6 Å². The molecule has 0 unspecified atom stereocenters. The van der Waals surface area contributed by atoms with Crippen molar-refractivity contribution in [1.29, 1.82) is 0 Å². The minimum Gasteiger partial charge on any atom is -0.480 e. The van der Waals surface area contributed by atoms with Crippen molar-refractivity contribution in [1.82, 2.24) is 24.6 Å². The number of benzene rings is 1. The third kappa shape index (κ3) is 10.0. The van der Waals surface area contributed by atoms with Crippen LogP contribution in [-0.4, -0.2) is 86.3 Å². The highest BCUT2D eigenvalue weighted by Gasteiger charge is 2.42. The minimum absolute atomic E-state index is 0.0671. The average Bonchev–Trinajstić information content (AvgIpc) is 3.39. The number of nitrogens with one attached hydrogen (secondary N) is 1. The molecule has 1 saturated heterocycles. The van der Waals surface area contributed by atoms with Crippen molar-refractivity contribution in [3.05, 3.63) is 70.6 Å². The number of thiazole rings is 1. The standard InChI is InChI=1S/C28H24F8N6O6S2.CH3F/c1-46-25-20-22(38-23(39-25)21(29)30)40-26(49-20)41-11-12-42(50(44,45)18-4-2-3-16(9-10-18)47-27(31,32)33)19(14-41)24(43)37-13-15-5-7-17(8-6-15)48-28(34,35)36;1-2/h2-3,5-10,19,21H,4,11-14H2,1H3,(H,37,43);1H3/t19-;/m1./s1. The number of allylic oxidation sites excluding steroid dienone is 5. The van der Waals surface area contributed by atoms with Crippen LogP contribution in [0.25, 0.3) is 10.3 Å². The Labute approximate surface area is 293 Å². The molecule has 1 atom stereocenters. The molecule has 0 saturated carbocycles. The second-order valence-electron chi connectivity index (χ2n) is 10.4. The largest absolute Gasteiger partial charge is 0.573 e. The molecule has 23 heteroatoms. The number of rotatable bonds is 10. The van der Waals surface area contributed by atoms with Crippen molar-refractivity contribution in [2.45, 2.75) is 38.2 Å². The van der Waals surface area contributed by atoms with Gasteiger partial charge in [0.1, 0.15) is 22.3 Å². The number of anilines is 1. The number of methoxy groups -OCH3 is 1. The van der Waals surface area contributed by atoms with Gasteiger partial charge in [0.2, 0.25) is 27.6 Å². The Morgan fingerprint density at radius 3 is 2.29 bits per heavy atom. The summed E-state index contributed by atoms with van der Waals surface area (Å²) in [5.41, 5.74) is 0.209. The van der Waals surface area contributed by atoms with Gasteiger partial charge in [0.25, 0.3) is 6.43 Å². The first-order valence-corrected chi connectivity index (χ1v) is 16.8. The number of hydrogen-bond acceptors (Lipinski definition) is 11. The Balaban J connectivity index is 0.00000297. The number of halogens is 9. The van der Waals surface area contributed by atoms with E-state index in [0.717, 1.165) is 52.1 Å². The van der Waals surface area contributed by atoms with Crippen LogP contribution in [-0.2, 0) is 26.1 Å². The summed E-state index contributed by atoms with van der Waals surface area (Å²) in [6, 6.07) is 3.06. The molecule has 0 bridgehead atoms. The Bertz CT molecular complexity index is 1930. The van der Waals surface area contributed by atoms with Gasteiger partial charge in [-0.15, -0.1) is 26.3 Å². The maximum absolute atomic E-state index is 13.9. The Morgan fingerprint density at radius 1 is 1.00 bits per heavy atom. The van der Waals surface area contributed by atoms with E-state index in [2.05, 4.69) is 29.7 Å². The van der Waals surface area contributed by atoms with Crippen LogP contribution in [0.15, 0.2) is 59.2 Å². The predicted molar refractivity (Wildman–Crippen MR) is 167 cm³/mol. The minimum atomic E-state index is -5.03. The summed E-state index contributed by atoms with van der Waals surface area (Å²) in [5.74, 6) is -3.02. The summed E-state index contributed by atoms with van der Waals surface area (Å²) >= 11 is 0.943. The van der Waals surface area contributed by atoms with E-state index in [0.29, 0.717) is 12.7 Å². The van der Waals surface area contributed by atoms with Crippen LogP contribution in [0.3, 0.4) is 0 Å². The van der Waals surface area contributed by atoms with Gasteiger partial charge < -0.3 is 24.4 Å². The number of hydrogen-bond donors (Lipinski definition) is 1. The van der Waals surface area contributed by atoms with Gasteiger partial charge in [-0.2, -0.15) is 14.3 Å². The monoisotopic (exact) mass is 790 g/mol. The fraction of sp³-hybridized carbons (Fsp3) is 0.379. The number of piperazine rings is 1. The summed E-state index contributed by atoms with van der Waals surface area (Å²) in [5, 5.41) is 2.72. The molecule has 1 N–H and O–H groups in total. The first-order valence-electron chi connectivity index (χ1n) is 14.5. The lowest BCUT2D eigenvalue weighted by molar-refractivity contribution is -0.303. The Morgan fingerprint density at radius 2 is 1.67 bits per heavy atom. The lowest BCUT2D eigenvalue weighted by Crippen LogP contribution is -2.60. The van der Waals surface area contributed by atoms with Crippen LogP contribution < -0.4 is 19.7 Å². The molecule has 0 radical (unpaired) electrons. The summed E-state index contributed by atoms with van der Waals surface area (Å²) in [7, 11) is -2.81. The highest BCUT2D eigenvalue weighted by Crippen LogP contribution is 2.36. The summed E-state index contributed by atoms with van der Waals surface area (Å²) in [6.45, 7) is -0.974. The van der Waals surface area contributed by atoms with E-state index < -0.39 is 58.5 Å². The van der Waals surface area contributed by atoms with Crippen molar-refractivity contribution in [2.24, 2.45) is 0 Å². The summed E-state index contributed by atoms with van der Waals surface area (Å²) < 4.78 is 154. The number of carbonyl (C=O) groups is 1. The van der Waals surface area contributed by atoms with E-state index in [-0.39, 0.29) is 58.9 Å². The van der Waals surface area contributed by atoms with Crippen LogP contribution >= 0.6 is 11.3 Å². The first-order chi connectivity index (χ1) is 24.4. The number of ether oxygens (including phenoxy) is 3. The SMILES string of the molecule is CF.COc1nc(C(F)F)nc2nc(N3CCN(S(=O)(=O)C4=CC=C(OC(F)(F)F)C=CC4)[C@@H](C(=O)NCc4ccc(OC(F)(F)F)cc4)C3)sc12. The van der Waals surface area contributed by atoms with E-state index in [1.807, 2.05) is 0 Å². The third-order valence-electron chi connectivity index (χ3n) is 7.05. The van der Waals surface area contributed by atoms with Crippen LogP contribution in [0.5, 0.6) is 11.6 Å². The highest BCUT2D eigenvalue weighted by molar-refractivity contribution is 7.93. The third-order valence-corrected chi connectivity index (χ3v) is 10.2. The molecule has 1 fully saturated rings. The van der Waals surface area contributed by atoms with Gasteiger partial charge in [-0.05, 0) is 35.9 Å². The molecule has 2 aromatic heterocycles. The van der Waals surface area contributed by atoms with Gasteiger partial charge in [-0.1, -0.05) is 29.5 Å². The first kappa shape index (κ1) is 40.1. The molecule has 1 aliphatic carbocycles. The van der Waals surface area contributed by atoms with Crippen molar-refractivity contribution in [3.63, 3.8) is 0 Å². The molecule has 3 heterocycles. The zero-order valence-corrected chi connectivity index (χ0v) is 28.3. The molecule has 1 aliphatic heterocycles. The maximum Gasteiger partial charge on any atom is 0.573 e. The predicted octanol–water partition coefficient (Wildman–Crippen LogP) is 5.92. The van der Waals surface area contributed by atoms with Gasteiger partial charge in [0.05, 0.1) is 19.2 Å². The molecule has 284 valence electrons. The number of amides is 1. The number of fused-ring (bicyclic) bond motifs is 1. The molecule has 1 aromatic carbocycles. The number of aromatic nitrogens is 3. The number of alkyl halides is 9. The fourth-order valence-electron chi connectivity index (χ4n) is 4.87. The number of nitrogens with zero attached hydrogens (tertiary/aromatic N) is 5. The van der Waals surface area contributed by atoms with E-state index >= 15 is 0 Å². The molecular formula is C29H27F9N6O6S2.